The first-order chi connectivity index (χ1) is 9.59. The largest absolute Gasteiger partial charge is 0.464 e. The number of carbonyl (C=O) groups is 1. The molecule has 2 N–H and O–H groups in total. The van der Waals surface area contributed by atoms with Crippen LogP contribution in [-0.4, -0.2) is 30.3 Å². The molecule has 0 aliphatic heterocycles. The van der Waals surface area contributed by atoms with Crippen molar-refractivity contribution >= 4 is 18.4 Å². The van der Waals surface area contributed by atoms with Gasteiger partial charge in [0.1, 0.15) is 6.04 Å². The number of nitrogens with zero attached hydrogens (tertiary/aromatic N) is 1. The SMILES string of the molecule is Cl.N[C@@H](CCc1ccccc1)C(=O)OCCCO[N+](=O)[O-]. The van der Waals surface area contributed by atoms with Crippen molar-refractivity contribution in [2.75, 3.05) is 13.2 Å². The molecular formula is C13H19ClN2O5. The zero-order chi connectivity index (χ0) is 14.8. The molecule has 0 aromatic heterocycles. The number of aryl methyl sites for hydroxylation is 1. The molecule has 0 saturated carbocycles. The fourth-order valence-electron chi connectivity index (χ4n) is 1.56. The molecule has 1 rings (SSSR count). The van der Waals surface area contributed by atoms with Crippen molar-refractivity contribution in [2.24, 2.45) is 5.73 Å². The first kappa shape index (κ1) is 19.1. The molecule has 7 nitrogen and oxygen atoms in total. The van der Waals surface area contributed by atoms with Crippen molar-refractivity contribution in [1.29, 1.82) is 0 Å². The fraction of sp³-hybridized carbons (Fsp3) is 0.462. The van der Waals surface area contributed by atoms with Gasteiger partial charge >= 0.3 is 5.97 Å². The third kappa shape index (κ3) is 8.83. The van der Waals surface area contributed by atoms with Gasteiger partial charge in [-0.2, -0.15) is 0 Å². The van der Waals surface area contributed by atoms with E-state index in [2.05, 4.69) is 4.84 Å². The molecule has 0 amide bonds. The molecule has 0 bridgehead atoms. The highest BCUT2D eigenvalue weighted by molar-refractivity contribution is 5.85. The second-order valence-corrected chi connectivity index (χ2v) is 4.21. The third-order valence-electron chi connectivity index (χ3n) is 2.62. The summed E-state index contributed by atoms with van der Waals surface area (Å²) in [5.74, 6) is -0.498. The molecule has 0 radical (unpaired) electrons. The van der Waals surface area contributed by atoms with Crippen molar-refractivity contribution in [1.82, 2.24) is 0 Å². The first-order valence-corrected chi connectivity index (χ1v) is 6.33. The van der Waals surface area contributed by atoms with Crippen molar-refractivity contribution in [3.63, 3.8) is 0 Å². The van der Waals surface area contributed by atoms with Crippen molar-refractivity contribution in [3.05, 3.63) is 46.0 Å². The van der Waals surface area contributed by atoms with E-state index in [1.54, 1.807) is 0 Å². The Morgan fingerprint density at radius 3 is 2.57 bits per heavy atom. The van der Waals surface area contributed by atoms with E-state index in [1.165, 1.54) is 0 Å². The number of halogens is 1. The van der Waals surface area contributed by atoms with Gasteiger partial charge in [0.15, 0.2) is 0 Å². The molecule has 0 aliphatic rings. The lowest BCUT2D eigenvalue weighted by molar-refractivity contribution is -0.757. The van der Waals surface area contributed by atoms with E-state index < -0.39 is 17.1 Å². The summed E-state index contributed by atoms with van der Waals surface area (Å²) in [6, 6.07) is 9.01. The minimum absolute atomic E-state index is 0. The van der Waals surface area contributed by atoms with Crippen LogP contribution in [0.2, 0.25) is 0 Å². The molecule has 0 aliphatic carbocycles. The molecule has 8 heteroatoms. The molecule has 0 heterocycles. The summed E-state index contributed by atoms with van der Waals surface area (Å²) in [6.45, 7) is -0.0365. The quantitative estimate of drug-likeness (QED) is 0.320. The van der Waals surface area contributed by atoms with Crippen LogP contribution < -0.4 is 5.73 Å². The molecule has 1 atom stereocenters. The van der Waals surface area contributed by atoms with Crippen molar-refractivity contribution in [2.45, 2.75) is 25.3 Å². The number of esters is 1. The lowest BCUT2D eigenvalue weighted by atomic mass is 10.1. The molecule has 118 valence electrons. The highest BCUT2D eigenvalue weighted by Crippen LogP contribution is 2.05. The van der Waals surface area contributed by atoms with E-state index in [0.29, 0.717) is 12.8 Å². The van der Waals surface area contributed by atoms with Crippen LogP contribution in [0, 0.1) is 10.1 Å². The van der Waals surface area contributed by atoms with Gasteiger partial charge in [-0.15, -0.1) is 22.5 Å². The van der Waals surface area contributed by atoms with E-state index in [-0.39, 0.29) is 32.0 Å². The Morgan fingerprint density at radius 1 is 1.29 bits per heavy atom. The van der Waals surface area contributed by atoms with E-state index in [0.717, 1.165) is 5.56 Å². The number of carbonyl (C=O) groups excluding carboxylic acids is 1. The molecule has 1 aromatic carbocycles. The van der Waals surface area contributed by atoms with E-state index in [9.17, 15) is 14.9 Å². The summed E-state index contributed by atoms with van der Waals surface area (Å²) in [7, 11) is 0. The molecule has 0 saturated heterocycles. The predicted molar refractivity (Wildman–Crippen MR) is 78.5 cm³/mol. The topological polar surface area (TPSA) is 105 Å². The lowest BCUT2D eigenvalue weighted by Crippen LogP contribution is -2.33. The average Bonchev–Trinajstić information content (AvgIpc) is 2.45. The van der Waals surface area contributed by atoms with Crippen LogP contribution >= 0.6 is 12.4 Å². The first-order valence-electron chi connectivity index (χ1n) is 6.33. The minimum Gasteiger partial charge on any atom is -0.464 e. The van der Waals surface area contributed by atoms with Gasteiger partial charge < -0.3 is 15.3 Å². The minimum atomic E-state index is -0.882. The lowest BCUT2D eigenvalue weighted by Gasteiger charge is -2.11. The van der Waals surface area contributed by atoms with Gasteiger partial charge in [-0.1, -0.05) is 30.3 Å². The summed E-state index contributed by atoms with van der Waals surface area (Å²) in [5.41, 5.74) is 6.82. The Bertz CT molecular complexity index is 430. The summed E-state index contributed by atoms with van der Waals surface area (Å²) in [4.78, 5) is 25.5. The molecular weight excluding hydrogens is 300 g/mol. The highest BCUT2D eigenvalue weighted by atomic mass is 35.5. The Labute approximate surface area is 128 Å². The van der Waals surface area contributed by atoms with Crippen LogP contribution in [0.1, 0.15) is 18.4 Å². The maximum atomic E-state index is 11.5. The smallest absolute Gasteiger partial charge is 0.322 e. The second-order valence-electron chi connectivity index (χ2n) is 4.21. The zero-order valence-electron chi connectivity index (χ0n) is 11.5. The van der Waals surface area contributed by atoms with Crippen LogP contribution in [0.4, 0.5) is 0 Å². The summed E-state index contributed by atoms with van der Waals surface area (Å²) in [5, 5.41) is 9.00. The molecule has 0 unspecified atom stereocenters. The van der Waals surface area contributed by atoms with E-state index >= 15 is 0 Å². The summed E-state index contributed by atoms with van der Waals surface area (Å²) in [6.07, 6.45) is 1.45. The van der Waals surface area contributed by atoms with Crippen LogP contribution in [0.25, 0.3) is 0 Å². The number of nitrogens with two attached hydrogens (primary N) is 1. The fourth-order valence-corrected chi connectivity index (χ4v) is 1.56. The van der Waals surface area contributed by atoms with E-state index in [4.69, 9.17) is 10.5 Å². The van der Waals surface area contributed by atoms with Gasteiger partial charge in [0.05, 0.1) is 13.2 Å². The Kier molecular flexibility index (Phi) is 9.91. The maximum absolute atomic E-state index is 11.5. The van der Waals surface area contributed by atoms with Gasteiger partial charge in [-0.05, 0) is 18.4 Å². The second kappa shape index (κ2) is 10.9. The van der Waals surface area contributed by atoms with Gasteiger partial charge in [0.2, 0.25) is 0 Å². The standard InChI is InChI=1S/C13H18N2O5.ClH/c14-12(8-7-11-5-2-1-3-6-11)13(16)19-9-4-10-20-15(17)18;/h1-3,5-6,12H,4,7-10,14H2;1H/t12-;/m0./s1. The molecule has 21 heavy (non-hydrogen) atoms. The normalized spacial score (nSPS) is 11.1. The summed E-state index contributed by atoms with van der Waals surface area (Å²) < 4.78 is 4.91. The van der Waals surface area contributed by atoms with E-state index in [1.807, 2.05) is 30.3 Å². The highest BCUT2D eigenvalue weighted by Gasteiger charge is 2.14. The number of benzene rings is 1. The molecule has 1 aromatic rings. The van der Waals surface area contributed by atoms with Gasteiger partial charge in [-0.3, -0.25) is 4.79 Å². The van der Waals surface area contributed by atoms with Crippen molar-refractivity contribution in [3.8, 4) is 0 Å². The van der Waals surface area contributed by atoms with Gasteiger partial charge in [-0.25, -0.2) is 0 Å². The molecule has 0 spiro atoms. The number of rotatable bonds is 9. The van der Waals surface area contributed by atoms with Crippen molar-refractivity contribution < 1.29 is 19.5 Å². The zero-order valence-corrected chi connectivity index (χ0v) is 12.3. The predicted octanol–water partition coefficient (Wildman–Crippen LogP) is 1.51. The van der Waals surface area contributed by atoms with Crippen LogP contribution in [0.3, 0.4) is 0 Å². The van der Waals surface area contributed by atoms with Crippen LogP contribution in [-0.2, 0) is 20.8 Å². The van der Waals surface area contributed by atoms with Gasteiger partial charge in [0.25, 0.3) is 5.09 Å². The van der Waals surface area contributed by atoms with Crippen LogP contribution in [0.5, 0.6) is 0 Å². The summed E-state index contributed by atoms with van der Waals surface area (Å²) >= 11 is 0. The van der Waals surface area contributed by atoms with Gasteiger partial charge in [0, 0.05) is 6.42 Å². The Hall–Kier alpha value is -1.86. The number of hydrogen-bond acceptors (Lipinski definition) is 6. The Balaban J connectivity index is 0.00000400. The number of hydrogen-bond donors (Lipinski definition) is 1. The maximum Gasteiger partial charge on any atom is 0.322 e. The number of ether oxygens (including phenoxy) is 1. The third-order valence-corrected chi connectivity index (χ3v) is 2.62. The Morgan fingerprint density at radius 2 is 1.95 bits per heavy atom. The van der Waals surface area contributed by atoms with Crippen LogP contribution in [0.15, 0.2) is 30.3 Å². The molecule has 0 fully saturated rings. The monoisotopic (exact) mass is 318 g/mol. The average molecular weight is 319 g/mol.